The standard InChI is InChI=1S/C33H24N4O2/c1-19-14-20(2)30(21(3)15-19)37-32(38)26-11-7-13-28(29(26)33(37)39)36-27-12-5-4-8-24(27)25-10-6-9-23(31(25)36)22-16-34-18-35-17-22/h4-18H,1-3H3. The van der Waals surface area contributed by atoms with E-state index in [0.29, 0.717) is 22.5 Å². The average Bonchev–Trinajstić information content (AvgIpc) is 3.41. The van der Waals surface area contributed by atoms with E-state index in [9.17, 15) is 9.59 Å². The molecule has 2 aromatic heterocycles. The van der Waals surface area contributed by atoms with Gasteiger partial charge in [-0.25, -0.2) is 14.9 Å². The van der Waals surface area contributed by atoms with Crippen LogP contribution in [0.2, 0.25) is 0 Å². The minimum Gasteiger partial charge on any atom is -0.308 e. The van der Waals surface area contributed by atoms with Crippen molar-refractivity contribution in [1.29, 1.82) is 0 Å². The van der Waals surface area contributed by atoms with Gasteiger partial charge in [-0.1, -0.05) is 60.2 Å². The van der Waals surface area contributed by atoms with Crippen LogP contribution >= 0.6 is 0 Å². The lowest BCUT2D eigenvalue weighted by molar-refractivity contribution is 0.0925. The fourth-order valence-corrected chi connectivity index (χ4v) is 6.12. The SMILES string of the molecule is Cc1cc(C)c(N2C(=O)c3cccc(-n4c5ccccc5c5cccc(-c6cncnc6)c54)c3C2=O)c(C)c1. The van der Waals surface area contributed by atoms with Crippen molar-refractivity contribution >= 4 is 39.3 Å². The van der Waals surface area contributed by atoms with Crippen molar-refractivity contribution < 1.29 is 9.59 Å². The molecular weight excluding hydrogens is 484 g/mol. The molecule has 0 atom stereocenters. The molecule has 6 aromatic rings. The number of anilines is 1. The van der Waals surface area contributed by atoms with E-state index in [2.05, 4.69) is 26.7 Å². The molecule has 6 heteroatoms. The Labute approximate surface area is 225 Å². The van der Waals surface area contributed by atoms with Gasteiger partial charge < -0.3 is 4.57 Å². The second kappa shape index (κ2) is 8.46. The molecule has 0 N–H and O–H groups in total. The summed E-state index contributed by atoms with van der Waals surface area (Å²) in [6, 6.07) is 23.8. The third-order valence-corrected chi connectivity index (χ3v) is 7.56. The lowest BCUT2D eigenvalue weighted by Crippen LogP contribution is -2.31. The first-order chi connectivity index (χ1) is 19.0. The minimum absolute atomic E-state index is 0.302. The van der Waals surface area contributed by atoms with Gasteiger partial charge in [-0.15, -0.1) is 0 Å². The Bertz CT molecular complexity index is 1970. The number of carbonyl (C=O) groups excluding carboxylic acids is 2. The zero-order valence-corrected chi connectivity index (χ0v) is 21.8. The van der Waals surface area contributed by atoms with Gasteiger partial charge in [0.2, 0.25) is 0 Å². The normalized spacial score (nSPS) is 13.1. The maximum atomic E-state index is 14.2. The summed E-state index contributed by atoms with van der Waals surface area (Å²) < 4.78 is 2.11. The minimum atomic E-state index is -0.313. The maximum absolute atomic E-state index is 14.2. The zero-order valence-electron chi connectivity index (χ0n) is 21.8. The van der Waals surface area contributed by atoms with Crippen LogP contribution in [0.25, 0.3) is 38.6 Å². The molecule has 1 aliphatic heterocycles. The van der Waals surface area contributed by atoms with Gasteiger partial charge in [-0.05, 0) is 50.1 Å². The van der Waals surface area contributed by atoms with Crippen LogP contribution in [0.5, 0.6) is 0 Å². The van der Waals surface area contributed by atoms with Gasteiger partial charge in [0.25, 0.3) is 11.8 Å². The maximum Gasteiger partial charge on any atom is 0.268 e. The van der Waals surface area contributed by atoms with E-state index >= 15 is 0 Å². The van der Waals surface area contributed by atoms with Crippen molar-refractivity contribution in [3.05, 3.63) is 119 Å². The van der Waals surface area contributed by atoms with Crippen LogP contribution in [0, 0.1) is 20.8 Å². The quantitative estimate of drug-likeness (QED) is 0.242. The molecule has 0 saturated carbocycles. The summed E-state index contributed by atoms with van der Waals surface area (Å²) in [5.74, 6) is -0.614. The molecule has 188 valence electrons. The number of carbonyl (C=O) groups is 2. The molecule has 0 unspecified atom stereocenters. The van der Waals surface area contributed by atoms with Gasteiger partial charge in [0.15, 0.2) is 0 Å². The van der Waals surface area contributed by atoms with Crippen molar-refractivity contribution in [3.8, 4) is 16.8 Å². The Morgan fingerprint density at radius 1 is 0.692 bits per heavy atom. The highest BCUT2D eigenvalue weighted by Crippen LogP contribution is 2.41. The van der Waals surface area contributed by atoms with Gasteiger partial charge in [-0.3, -0.25) is 9.59 Å². The number of benzene rings is 4. The lowest BCUT2D eigenvalue weighted by Gasteiger charge is -2.20. The number of hydrogen-bond acceptors (Lipinski definition) is 4. The van der Waals surface area contributed by atoms with E-state index in [1.165, 1.54) is 11.2 Å². The van der Waals surface area contributed by atoms with Gasteiger partial charge in [0, 0.05) is 34.3 Å². The highest BCUT2D eigenvalue weighted by molar-refractivity contribution is 6.36. The Hall–Kier alpha value is -5.10. The zero-order chi connectivity index (χ0) is 26.8. The molecule has 0 fully saturated rings. The number of fused-ring (bicyclic) bond motifs is 4. The van der Waals surface area contributed by atoms with Crippen molar-refractivity contribution in [2.45, 2.75) is 20.8 Å². The van der Waals surface area contributed by atoms with E-state index < -0.39 is 0 Å². The first kappa shape index (κ1) is 23.0. The summed E-state index contributed by atoms with van der Waals surface area (Å²) in [7, 11) is 0. The smallest absolute Gasteiger partial charge is 0.268 e. The largest absolute Gasteiger partial charge is 0.308 e. The average molecular weight is 509 g/mol. The number of para-hydroxylation sites is 2. The molecule has 0 bridgehead atoms. The number of aromatic nitrogens is 3. The number of nitrogens with zero attached hydrogens (tertiary/aromatic N) is 4. The summed E-state index contributed by atoms with van der Waals surface area (Å²) in [5.41, 5.74) is 8.72. The lowest BCUT2D eigenvalue weighted by atomic mass is 10.0. The third-order valence-electron chi connectivity index (χ3n) is 7.56. The van der Waals surface area contributed by atoms with Crippen molar-refractivity contribution in [2.75, 3.05) is 4.90 Å². The molecule has 39 heavy (non-hydrogen) atoms. The van der Waals surface area contributed by atoms with E-state index in [4.69, 9.17) is 0 Å². The first-order valence-corrected chi connectivity index (χ1v) is 12.8. The molecule has 6 nitrogen and oxygen atoms in total. The molecule has 0 saturated heterocycles. The monoisotopic (exact) mass is 508 g/mol. The van der Waals surface area contributed by atoms with Crippen molar-refractivity contribution in [3.63, 3.8) is 0 Å². The summed E-state index contributed by atoms with van der Waals surface area (Å²) >= 11 is 0. The molecular formula is C33H24N4O2. The van der Waals surface area contributed by atoms with Crippen LogP contribution in [0.15, 0.2) is 91.5 Å². The van der Waals surface area contributed by atoms with Gasteiger partial charge in [-0.2, -0.15) is 0 Å². The molecule has 4 aromatic carbocycles. The highest BCUT2D eigenvalue weighted by atomic mass is 16.2. The highest BCUT2D eigenvalue weighted by Gasteiger charge is 2.40. The van der Waals surface area contributed by atoms with Crippen LogP contribution in [0.1, 0.15) is 37.4 Å². The Kier molecular flexibility index (Phi) is 5.00. The topological polar surface area (TPSA) is 68.1 Å². The first-order valence-electron chi connectivity index (χ1n) is 12.8. The Balaban J connectivity index is 1.54. The van der Waals surface area contributed by atoms with E-state index in [0.717, 1.165) is 49.6 Å². The second-order valence-corrected chi connectivity index (χ2v) is 10.1. The molecule has 2 amide bonds. The Morgan fingerprint density at radius 2 is 1.36 bits per heavy atom. The fraction of sp³-hybridized carbons (Fsp3) is 0.0909. The summed E-state index contributed by atoms with van der Waals surface area (Å²) in [5, 5.41) is 2.10. The van der Waals surface area contributed by atoms with Crippen LogP contribution in [0.3, 0.4) is 0 Å². The Morgan fingerprint density at radius 3 is 2.13 bits per heavy atom. The van der Waals surface area contributed by atoms with E-state index in [1.807, 2.05) is 75.4 Å². The summed E-state index contributed by atoms with van der Waals surface area (Å²) in [6.45, 7) is 5.91. The van der Waals surface area contributed by atoms with E-state index in [1.54, 1.807) is 18.5 Å². The van der Waals surface area contributed by atoms with Crippen LogP contribution in [0.4, 0.5) is 5.69 Å². The molecule has 0 radical (unpaired) electrons. The molecule has 7 rings (SSSR count). The third kappa shape index (κ3) is 3.28. The number of aryl methyl sites for hydroxylation is 3. The van der Waals surface area contributed by atoms with Gasteiger partial charge >= 0.3 is 0 Å². The predicted molar refractivity (Wildman–Crippen MR) is 154 cm³/mol. The summed E-state index contributed by atoms with van der Waals surface area (Å²) in [6.07, 6.45) is 5.09. The van der Waals surface area contributed by atoms with Gasteiger partial charge in [0.05, 0.1) is 33.5 Å². The number of rotatable bonds is 3. The second-order valence-electron chi connectivity index (χ2n) is 10.1. The van der Waals surface area contributed by atoms with Crippen LogP contribution < -0.4 is 4.90 Å². The number of amides is 2. The van der Waals surface area contributed by atoms with Crippen LogP contribution in [-0.4, -0.2) is 26.3 Å². The molecule has 1 aliphatic rings. The van der Waals surface area contributed by atoms with Crippen molar-refractivity contribution in [2.24, 2.45) is 0 Å². The fourth-order valence-electron chi connectivity index (χ4n) is 6.12. The van der Waals surface area contributed by atoms with Gasteiger partial charge in [0.1, 0.15) is 6.33 Å². The molecule has 3 heterocycles. The summed E-state index contributed by atoms with van der Waals surface area (Å²) in [4.78, 5) is 37.9. The number of imide groups is 1. The predicted octanol–water partition coefficient (Wildman–Crippen LogP) is 6.97. The van der Waals surface area contributed by atoms with Crippen molar-refractivity contribution in [1.82, 2.24) is 14.5 Å². The molecule has 0 aliphatic carbocycles. The molecule has 0 spiro atoms. The number of hydrogen-bond donors (Lipinski definition) is 0. The van der Waals surface area contributed by atoms with E-state index in [-0.39, 0.29) is 11.8 Å². The van der Waals surface area contributed by atoms with Crippen LogP contribution in [-0.2, 0) is 0 Å².